The van der Waals surface area contributed by atoms with Crippen molar-refractivity contribution in [2.45, 2.75) is 32.7 Å². The van der Waals surface area contributed by atoms with Gasteiger partial charge in [-0.1, -0.05) is 55.3 Å². The smallest absolute Gasteiger partial charge is 0.355 e. The van der Waals surface area contributed by atoms with E-state index in [1.165, 1.54) is 0 Å². The molecule has 10 nitrogen and oxygen atoms in total. The minimum Gasteiger partial charge on any atom is -0.476 e. The largest absolute Gasteiger partial charge is 0.476 e. The number of unbranched alkanes of at least 4 members (excludes halogenated alkanes) is 1. The van der Waals surface area contributed by atoms with Crippen LogP contribution in [0.25, 0.3) is 22.4 Å². The van der Waals surface area contributed by atoms with Gasteiger partial charge in [0.2, 0.25) is 0 Å². The van der Waals surface area contributed by atoms with Crippen LogP contribution in [0, 0.1) is 0 Å². The molecule has 208 valence electrons. The third-order valence-corrected chi connectivity index (χ3v) is 6.87. The van der Waals surface area contributed by atoms with Gasteiger partial charge in [0.15, 0.2) is 16.7 Å². The Morgan fingerprint density at radius 3 is 2.50 bits per heavy atom. The van der Waals surface area contributed by atoms with Crippen molar-refractivity contribution >= 4 is 29.1 Å². The summed E-state index contributed by atoms with van der Waals surface area (Å²) in [5.41, 5.74) is 14.6. The summed E-state index contributed by atoms with van der Waals surface area (Å²) in [6.45, 7) is 2.40. The van der Waals surface area contributed by atoms with Gasteiger partial charge >= 0.3 is 5.97 Å². The molecule has 0 atom stereocenters. The fourth-order valence-electron chi connectivity index (χ4n) is 4.49. The van der Waals surface area contributed by atoms with Crippen molar-refractivity contribution in [2.75, 3.05) is 19.0 Å². The number of aromatic carboxylic acids is 1. The molecule has 0 amide bonds. The predicted octanol–water partition coefficient (Wildman–Crippen LogP) is 4.50. The Balaban J connectivity index is 1.73. The Morgan fingerprint density at radius 2 is 1.85 bits per heavy atom. The number of carbonyl (C=O) groups is 1. The Labute approximate surface area is 238 Å². The van der Waals surface area contributed by atoms with E-state index >= 15 is 0 Å². The fourth-order valence-corrected chi connectivity index (χ4v) is 4.77. The molecule has 0 aliphatic carbocycles. The maximum absolute atomic E-state index is 11.9. The van der Waals surface area contributed by atoms with E-state index in [-0.39, 0.29) is 16.7 Å². The topological polar surface area (TPSA) is 148 Å². The van der Waals surface area contributed by atoms with Crippen molar-refractivity contribution in [3.63, 3.8) is 0 Å². The Kier molecular flexibility index (Phi) is 9.03. The second kappa shape index (κ2) is 12.6. The highest BCUT2D eigenvalue weighted by Gasteiger charge is 2.21. The lowest BCUT2D eigenvalue weighted by molar-refractivity contribution is 0.0685. The molecule has 40 heavy (non-hydrogen) atoms. The monoisotopic (exact) mass is 560 g/mol. The number of nitrogens with two attached hydrogens (primary N) is 2. The highest BCUT2D eigenvalue weighted by Crippen LogP contribution is 2.31. The standard InChI is InChI=1S/C29H33ClN8O2/c1-4-5-6-25-34-27(30)26(29(39)40)38(25)17-18-7-9-19(10-8-18)23-15-20(11-12-22(23)28(31)35-36-32)24-16-21(37(2)3)13-14-33-24/h7-16,36H,4-6,17,32H2,1-3H3,(H2,31,35)(H,39,40). The molecule has 0 aliphatic heterocycles. The average Bonchev–Trinajstić information content (AvgIpc) is 3.26. The lowest BCUT2D eigenvalue weighted by Gasteiger charge is -2.15. The van der Waals surface area contributed by atoms with Crippen LogP contribution < -0.4 is 22.0 Å². The first-order valence-electron chi connectivity index (χ1n) is 12.9. The summed E-state index contributed by atoms with van der Waals surface area (Å²) in [4.78, 5) is 22.8. The van der Waals surface area contributed by atoms with Gasteiger partial charge in [0.25, 0.3) is 0 Å². The Hall–Kier alpha value is -4.41. The number of carboxylic acid groups (broad SMARTS) is 1. The zero-order valence-corrected chi connectivity index (χ0v) is 23.5. The van der Waals surface area contributed by atoms with Crippen LogP contribution in [0.2, 0.25) is 5.15 Å². The molecule has 2 aromatic heterocycles. The highest BCUT2D eigenvalue weighted by atomic mass is 35.5. The molecule has 2 aromatic carbocycles. The normalized spacial score (nSPS) is 11.5. The van der Waals surface area contributed by atoms with E-state index in [0.717, 1.165) is 46.5 Å². The number of hydrogen-bond donors (Lipinski definition) is 4. The number of imidazole rings is 1. The molecule has 4 aromatic rings. The number of pyridine rings is 1. The van der Waals surface area contributed by atoms with Gasteiger partial charge in [-0.3, -0.25) is 4.98 Å². The molecule has 0 fully saturated rings. The number of benzene rings is 2. The van der Waals surface area contributed by atoms with Gasteiger partial charge in [-0.15, -0.1) is 5.10 Å². The third kappa shape index (κ3) is 6.24. The van der Waals surface area contributed by atoms with Gasteiger partial charge in [0.05, 0.1) is 5.69 Å². The number of halogens is 1. The number of carboxylic acids is 1. The molecule has 0 aliphatic rings. The van der Waals surface area contributed by atoms with E-state index in [9.17, 15) is 9.90 Å². The van der Waals surface area contributed by atoms with E-state index in [1.807, 2.05) is 73.6 Å². The minimum absolute atomic E-state index is 0.00226. The van der Waals surface area contributed by atoms with E-state index in [2.05, 4.69) is 27.5 Å². The first-order chi connectivity index (χ1) is 19.2. The van der Waals surface area contributed by atoms with Crippen LogP contribution in [0.5, 0.6) is 0 Å². The Bertz CT molecular complexity index is 1530. The molecule has 4 rings (SSSR count). The van der Waals surface area contributed by atoms with Crippen molar-refractivity contribution in [1.29, 1.82) is 0 Å². The van der Waals surface area contributed by atoms with Gasteiger partial charge < -0.3 is 20.3 Å². The van der Waals surface area contributed by atoms with Crippen LogP contribution in [0.3, 0.4) is 0 Å². The first kappa shape index (κ1) is 28.6. The second-order valence-corrected chi connectivity index (χ2v) is 9.90. The zero-order valence-electron chi connectivity index (χ0n) is 22.7. The van der Waals surface area contributed by atoms with Crippen LogP contribution in [0.4, 0.5) is 5.69 Å². The van der Waals surface area contributed by atoms with Crippen molar-refractivity contribution in [3.05, 3.63) is 88.6 Å². The highest BCUT2D eigenvalue weighted by molar-refractivity contribution is 6.32. The minimum atomic E-state index is -1.10. The van der Waals surface area contributed by atoms with E-state index < -0.39 is 5.97 Å². The molecular formula is C29H33ClN8O2. The zero-order chi connectivity index (χ0) is 28.8. The van der Waals surface area contributed by atoms with Crippen molar-refractivity contribution in [3.8, 4) is 22.4 Å². The molecule has 2 heterocycles. The van der Waals surface area contributed by atoms with E-state index in [4.69, 9.17) is 23.2 Å². The summed E-state index contributed by atoms with van der Waals surface area (Å²) >= 11 is 6.20. The number of hydrazine groups is 1. The molecule has 0 radical (unpaired) electrons. The lowest BCUT2D eigenvalue weighted by Crippen LogP contribution is -2.23. The quantitative estimate of drug-likeness (QED) is 0.0906. The van der Waals surface area contributed by atoms with Crippen LogP contribution >= 0.6 is 11.6 Å². The van der Waals surface area contributed by atoms with E-state index in [1.54, 1.807) is 10.8 Å². The third-order valence-electron chi connectivity index (χ3n) is 6.60. The van der Waals surface area contributed by atoms with Crippen molar-refractivity contribution in [2.24, 2.45) is 16.7 Å². The van der Waals surface area contributed by atoms with Gasteiger partial charge in [-0.25, -0.2) is 21.2 Å². The number of amidine groups is 1. The summed E-state index contributed by atoms with van der Waals surface area (Å²) in [7, 11) is 3.96. The number of hydrogen-bond acceptors (Lipinski definition) is 7. The number of hydrazone groups is 1. The number of nitrogens with zero attached hydrogens (tertiary/aromatic N) is 5. The molecule has 6 N–H and O–H groups in total. The van der Waals surface area contributed by atoms with Crippen molar-refractivity contribution < 1.29 is 9.90 Å². The summed E-state index contributed by atoms with van der Waals surface area (Å²) in [5.74, 6) is 5.20. The number of aromatic nitrogens is 3. The summed E-state index contributed by atoms with van der Waals surface area (Å²) in [6, 6.07) is 17.7. The maximum Gasteiger partial charge on any atom is 0.355 e. The van der Waals surface area contributed by atoms with Gasteiger partial charge in [0.1, 0.15) is 5.82 Å². The fraction of sp³-hybridized carbons (Fsp3) is 0.241. The molecule has 0 saturated heterocycles. The van der Waals surface area contributed by atoms with Crippen LogP contribution in [0.15, 0.2) is 65.9 Å². The van der Waals surface area contributed by atoms with E-state index in [0.29, 0.717) is 24.4 Å². The number of rotatable bonds is 11. The average molecular weight is 561 g/mol. The maximum atomic E-state index is 11.9. The number of anilines is 1. The van der Waals surface area contributed by atoms with Gasteiger partial charge in [-0.2, -0.15) is 0 Å². The first-order valence-corrected chi connectivity index (χ1v) is 13.3. The van der Waals surface area contributed by atoms with Gasteiger partial charge in [0, 0.05) is 50.1 Å². The molecular weight excluding hydrogens is 528 g/mol. The molecule has 0 bridgehead atoms. The summed E-state index contributed by atoms with van der Waals surface area (Å²) in [5, 5.41) is 13.7. The van der Waals surface area contributed by atoms with Crippen LogP contribution in [0.1, 0.15) is 47.2 Å². The van der Waals surface area contributed by atoms with Crippen molar-refractivity contribution in [1.82, 2.24) is 20.1 Å². The molecule has 0 spiro atoms. The van der Waals surface area contributed by atoms with Crippen LogP contribution in [-0.2, 0) is 13.0 Å². The Morgan fingerprint density at radius 1 is 1.12 bits per heavy atom. The van der Waals surface area contributed by atoms with Crippen LogP contribution in [-0.4, -0.2) is 45.5 Å². The number of aryl methyl sites for hydroxylation is 1. The molecule has 0 saturated carbocycles. The predicted molar refractivity (Wildman–Crippen MR) is 159 cm³/mol. The van der Waals surface area contributed by atoms with Gasteiger partial charge in [-0.05, 0) is 47.4 Å². The lowest BCUT2D eigenvalue weighted by atomic mass is 9.94. The SMILES string of the molecule is CCCCc1nc(Cl)c(C(=O)O)n1Cc1ccc(-c2cc(-c3cc(N(C)C)ccn3)ccc2/C(N)=N/NN)cc1. The number of nitrogens with one attached hydrogen (secondary N) is 1. The molecule has 11 heteroatoms. The second-order valence-electron chi connectivity index (χ2n) is 9.54. The summed E-state index contributed by atoms with van der Waals surface area (Å²) in [6.07, 6.45) is 4.28. The summed E-state index contributed by atoms with van der Waals surface area (Å²) < 4.78 is 1.68. The molecule has 0 unspecified atom stereocenters.